The van der Waals surface area contributed by atoms with Crippen molar-refractivity contribution >= 4 is 35.1 Å². The average Bonchev–Trinajstić information content (AvgIpc) is 3.17. The molecule has 8 heteroatoms. The number of hydrogen-bond donors (Lipinski definition) is 1. The van der Waals surface area contributed by atoms with Gasteiger partial charge in [0.05, 0.1) is 18.1 Å². The number of nitrogens with zero attached hydrogens (tertiary/aromatic N) is 1. The summed E-state index contributed by atoms with van der Waals surface area (Å²) >= 11 is 0. The number of hydrogen-bond acceptors (Lipinski definition) is 6. The van der Waals surface area contributed by atoms with Crippen LogP contribution in [0.15, 0.2) is 42.5 Å². The first-order chi connectivity index (χ1) is 16.1. The zero-order chi connectivity index (χ0) is 24.8. The van der Waals surface area contributed by atoms with Gasteiger partial charge in [-0.15, -0.1) is 0 Å². The van der Waals surface area contributed by atoms with Gasteiger partial charge in [0, 0.05) is 24.3 Å². The van der Waals surface area contributed by atoms with E-state index in [4.69, 9.17) is 9.47 Å². The number of carbonyl (C=O) groups excluding carboxylic acids is 4. The van der Waals surface area contributed by atoms with Crippen molar-refractivity contribution < 1.29 is 28.7 Å². The second kappa shape index (κ2) is 11.0. The molecule has 0 radical (unpaired) electrons. The molecule has 1 heterocycles. The molecule has 2 aromatic rings. The Hall–Kier alpha value is -3.68. The van der Waals surface area contributed by atoms with Gasteiger partial charge in [-0.05, 0) is 67.3 Å². The third-order valence-electron chi connectivity index (χ3n) is 5.27. The highest BCUT2D eigenvalue weighted by Crippen LogP contribution is 2.27. The maximum Gasteiger partial charge on any atom is 0.338 e. The Bertz CT molecular complexity index is 1060. The largest absolute Gasteiger partial charge is 0.462 e. The molecular weight excluding hydrogens is 436 g/mol. The van der Waals surface area contributed by atoms with Gasteiger partial charge in [-0.25, -0.2) is 4.79 Å². The minimum absolute atomic E-state index is 0.0435. The van der Waals surface area contributed by atoms with E-state index in [2.05, 4.69) is 5.32 Å². The highest BCUT2D eigenvalue weighted by molar-refractivity contribution is 6.00. The van der Waals surface area contributed by atoms with Gasteiger partial charge < -0.3 is 19.7 Å². The topological polar surface area (TPSA) is 102 Å². The predicted octanol–water partition coefficient (Wildman–Crippen LogP) is 3.65. The lowest BCUT2D eigenvalue weighted by Gasteiger charge is -2.18. The highest BCUT2D eigenvalue weighted by Gasteiger charge is 2.36. The van der Waals surface area contributed by atoms with Gasteiger partial charge in [-0.2, -0.15) is 0 Å². The van der Waals surface area contributed by atoms with Gasteiger partial charge in [0.1, 0.15) is 0 Å². The van der Waals surface area contributed by atoms with Crippen molar-refractivity contribution in [2.45, 2.75) is 34.1 Å². The van der Waals surface area contributed by atoms with Crippen LogP contribution >= 0.6 is 0 Å². The third kappa shape index (κ3) is 6.66. The number of carbonyl (C=O) groups is 4. The van der Waals surface area contributed by atoms with E-state index in [9.17, 15) is 19.2 Å². The molecule has 1 saturated heterocycles. The van der Waals surface area contributed by atoms with Crippen molar-refractivity contribution in [3.63, 3.8) is 0 Å². The second-order valence-electron chi connectivity index (χ2n) is 8.98. The summed E-state index contributed by atoms with van der Waals surface area (Å²) in [7, 11) is 0. The Morgan fingerprint density at radius 1 is 1.03 bits per heavy atom. The fourth-order valence-corrected chi connectivity index (χ4v) is 3.69. The van der Waals surface area contributed by atoms with Crippen molar-refractivity contribution in [3.05, 3.63) is 59.2 Å². The molecule has 0 bridgehead atoms. The average molecular weight is 467 g/mol. The van der Waals surface area contributed by atoms with E-state index < -0.39 is 30.4 Å². The summed E-state index contributed by atoms with van der Waals surface area (Å²) in [5, 5.41) is 2.61. The minimum Gasteiger partial charge on any atom is -0.462 e. The SMILES string of the molecule is Cc1cc(C)cc(N2C[C@H](C(=O)OCC(=O)Nc3ccc(C(=O)OCC(C)C)cc3)CC2=O)c1. The molecule has 1 atom stereocenters. The number of aryl methyl sites for hydroxylation is 2. The minimum atomic E-state index is -0.628. The number of ether oxygens (including phenoxy) is 2. The van der Waals surface area contributed by atoms with Crippen molar-refractivity contribution in [2.75, 3.05) is 30.0 Å². The van der Waals surface area contributed by atoms with Crippen LogP contribution in [0.1, 0.15) is 41.8 Å². The zero-order valence-corrected chi connectivity index (χ0v) is 19.9. The predicted molar refractivity (Wildman–Crippen MR) is 128 cm³/mol. The molecule has 8 nitrogen and oxygen atoms in total. The quantitative estimate of drug-likeness (QED) is 0.596. The number of esters is 2. The molecule has 2 aromatic carbocycles. The number of anilines is 2. The molecule has 2 amide bonds. The Labute approximate surface area is 199 Å². The lowest BCUT2D eigenvalue weighted by atomic mass is 10.1. The molecule has 0 unspecified atom stereocenters. The first-order valence-corrected chi connectivity index (χ1v) is 11.2. The summed E-state index contributed by atoms with van der Waals surface area (Å²) in [6.45, 7) is 7.88. The molecule has 1 fully saturated rings. The fourth-order valence-electron chi connectivity index (χ4n) is 3.69. The van der Waals surface area contributed by atoms with Crippen LogP contribution in [0.4, 0.5) is 11.4 Å². The summed E-state index contributed by atoms with van der Waals surface area (Å²) in [6, 6.07) is 12.1. The smallest absolute Gasteiger partial charge is 0.338 e. The van der Waals surface area contributed by atoms with Crippen molar-refractivity contribution in [3.8, 4) is 0 Å². The Morgan fingerprint density at radius 2 is 1.68 bits per heavy atom. The molecule has 0 spiro atoms. The second-order valence-corrected chi connectivity index (χ2v) is 8.98. The maximum absolute atomic E-state index is 12.5. The first kappa shape index (κ1) is 25.0. The van der Waals surface area contributed by atoms with Crippen LogP contribution in [0.25, 0.3) is 0 Å². The summed E-state index contributed by atoms with van der Waals surface area (Å²) < 4.78 is 10.3. The summed E-state index contributed by atoms with van der Waals surface area (Å²) in [6.07, 6.45) is 0.0435. The van der Waals surface area contributed by atoms with Crippen molar-refractivity contribution in [1.82, 2.24) is 0 Å². The molecule has 0 aromatic heterocycles. The monoisotopic (exact) mass is 466 g/mol. The number of amides is 2. The summed E-state index contributed by atoms with van der Waals surface area (Å²) in [5.41, 5.74) is 3.66. The molecule has 3 rings (SSSR count). The summed E-state index contributed by atoms with van der Waals surface area (Å²) in [5.74, 6) is -2.07. The molecule has 1 aliphatic rings. The Balaban J connectivity index is 1.48. The number of benzene rings is 2. The van der Waals surface area contributed by atoms with Crippen LogP contribution in [0.2, 0.25) is 0 Å². The maximum atomic E-state index is 12.5. The normalized spacial score (nSPS) is 15.4. The van der Waals surface area contributed by atoms with E-state index in [1.807, 2.05) is 45.9 Å². The van der Waals surface area contributed by atoms with E-state index in [0.29, 0.717) is 17.9 Å². The zero-order valence-electron chi connectivity index (χ0n) is 19.9. The van der Waals surface area contributed by atoms with E-state index in [1.165, 1.54) is 0 Å². The van der Waals surface area contributed by atoms with E-state index in [0.717, 1.165) is 16.8 Å². The van der Waals surface area contributed by atoms with Gasteiger partial charge in [0.25, 0.3) is 5.91 Å². The lowest BCUT2D eigenvalue weighted by Crippen LogP contribution is -2.28. The third-order valence-corrected chi connectivity index (χ3v) is 5.27. The number of nitrogens with one attached hydrogen (secondary N) is 1. The van der Waals surface area contributed by atoms with Crippen molar-refractivity contribution in [1.29, 1.82) is 0 Å². The van der Waals surface area contributed by atoms with Gasteiger partial charge >= 0.3 is 11.9 Å². The van der Waals surface area contributed by atoms with Crippen LogP contribution in [-0.4, -0.2) is 43.5 Å². The molecule has 34 heavy (non-hydrogen) atoms. The van der Waals surface area contributed by atoms with Crippen LogP contribution in [-0.2, 0) is 23.9 Å². The summed E-state index contributed by atoms with van der Waals surface area (Å²) in [4.78, 5) is 50.6. The lowest BCUT2D eigenvalue weighted by molar-refractivity contribution is -0.151. The van der Waals surface area contributed by atoms with E-state index in [1.54, 1.807) is 29.2 Å². The van der Waals surface area contributed by atoms with Crippen LogP contribution in [0.3, 0.4) is 0 Å². The first-order valence-electron chi connectivity index (χ1n) is 11.2. The molecule has 0 aliphatic carbocycles. The molecule has 180 valence electrons. The van der Waals surface area contributed by atoms with E-state index in [-0.39, 0.29) is 24.8 Å². The van der Waals surface area contributed by atoms with Gasteiger partial charge in [-0.1, -0.05) is 19.9 Å². The van der Waals surface area contributed by atoms with Crippen LogP contribution < -0.4 is 10.2 Å². The molecule has 1 aliphatic heterocycles. The molecule has 1 N–H and O–H groups in total. The van der Waals surface area contributed by atoms with Crippen LogP contribution in [0, 0.1) is 25.7 Å². The van der Waals surface area contributed by atoms with E-state index >= 15 is 0 Å². The fraction of sp³-hybridized carbons (Fsp3) is 0.385. The Morgan fingerprint density at radius 3 is 2.29 bits per heavy atom. The molecule has 0 saturated carbocycles. The van der Waals surface area contributed by atoms with Crippen molar-refractivity contribution in [2.24, 2.45) is 11.8 Å². The molecular formula is C26H30N2O6. The highest BCUT2D eigenvalue weighted by atomic mass is 16.5. The van der Waals surface area contributed by atoms with Gasteiger partial charge in [-0.3, -0.25) is 14.4 Å². The number of rotatable bonds is 8. The Kier molecular flexibility index (Phi) is 8.04. The standard InChI is InChI=1S/C26H30N2O6/c1-16(2)14-33-25(31)19-5-7-21(8-6-19)27-23(29)15-34-26(32)20-12-24(30)28(13-20)22-10-17(3)9-18(4)11-22/h5-11,16,20H,12-15H2,1-4H3,(H,27,29)/t20-/m1/s1. The van der Waals surface area contributed by atoms with Gasteiger partial charge in [0.15, 0.2) is 6.61 Å². The van der Waals surface area contributed by atoms with Crippen LogP contribution in [0.5, 0.6) is 0 Å². The van der Waals surface area contributed by atoms with Gasteiger partial charge in [0.2, 0.25) is 5.91 Å².